The van der Waals surface area contributed by atoms with Crippen LogP contribution in [0.5, 0.6) is 0 Å². The number of carbonyl (C=O) groups is 2. The number of nitrogens with one attached hydrogen (secondary N) is 1. The normalized spacial score (nSPS) is 20.2. The molecule has 1 N–H and O–H groups in total. The SMILES string of the molecule is CC[C@H](C)CCCC(=O)N1CCC[C@H]1[C@H](OC)[C@@H](C)C(=O)N[C@H](C)Cc1ccccc1. The van der Waals surface area contributed by atoms with Crippen LogP contribution >= 0.6 is 0 Å². The summed E-state index contributed by atoms with van der Waals surface area (Å²) in [5.41, 5.74) is 1.20. The van der Waals surface area contributed by atoms with Gasteiger partial charge in [0.2, 0.25) is 11.8 Å². The molecule has 1 fully saturated rings. The second-order valence-corrected chi connectivity index (χ2v) is 9.29. The molecule has 1 aliphatic rings. The largest absolute Gasteiger partial charge is 0.378 e. The molecule has 2 amide bonds. The molecule has 0 radical (unpaired) electrons. The molecular formula is C26H42N2O3. The van der Waals surface area contributed by atoms with E-state index in [2.05, 4.69) is 31.3 Å². The van der Waals surface area contributed by atoms with Gasteiger partial charge in [-0.2, -0.15) is 0 Å². The Kier molecular flexibility index (Phi) is 10.5. The van der Waals surface area contributed by atoms with Gasteiger partial charge in [0.25, 0.3) is 0 Å². The van der Waals surface area contributed by atoms with Crippen LogP contribution in [-0.2, 0) is 20.7 Å². The van der Waals surface area contributed by atoms with Crippen LogP contribution in [0.15, 0.2) is 30.3 Å². The summed E-state index contributed by atoms with van der Waals surface area (Å²) < 4.78 is 5.80. The van der Waals surface area contributed by atoms with Crippen molar-refractivity contribution in [1.29, 1.82) is 0 Å². The van der Waals surface area contributed by atoms with Gasteiger partial charge in [-0.1, -0.05) is 63.9 Å². The van der Waals surface area contributed by atoms with Crippen molar-refractivity contribution < 1.29 is 14.3 Å². The van der Waals surface area contributed by atoms with Crippen molar-refractivity contribution in [3.63, 3.8) is 0 Å². The summed E-state index contributed by atoms with van der Waals surface area (Å²) in [6.07, 6.45) is 6.14. The van der Waals surface area contributed by atoms with Gasteiger partial charge in [0, 0.05) is 26.1 Å². The molecule has 0 aromatic heterocycles. The standard InChI is InChI=1S/C26H42N2O3/c1-6-19(2)12-10-16-24(29)28-17-11-15-23(28)25(31-5)21(4)26(30)27-20(3)18-22-13-8-7-9-14-22/h7-9,13-14,19-21,23,25H,6,10-12,15-18H2,1-5H3,(H,27,30)/t19-,20+,21+,23-,25+/m0/s1. The lowest BCUT2D eigenvalue weighted by atomic mass is 9.94. The van der Waals surface area contributed by atoms with Crippen molar-refractivity contribution >= 4 is 11.8 Å². The Hall–Kier alpha value is -1.88. The number of benzene rings is 1. The summed E-state index contributed by atoms with van der Waals surface area (Å²) in [5, 5.41) is 3.14. The van der Waals surface area contributed by atoms with E-state index in [0.29, 0.717) is 12.3 Å². The fourth-order valence-corrected chi connectivity index (χ4v) is 4.63. The van der Waals surface area contributed by atoms with Crippen LogP contribution in [0.2, 0.25) is 0 Å². The first kappa shape index (κ1) is 25.4. The molecule has 0 unspecified atom stereocenters. The Labute approximate surface area is 188 Å². The molecule has 0 spiro atoms. The summed E-state index contributed by atoms with van der Waals surface area (Å²) in [5.74, 6) is 0.543. The van der Waals surface area contributed by atoms with Crippen LogP contribution in [0, 0.1) is 11.8 Å². The van der Waals surface area contributed by atoms with Crippen molar-refractivity contribution in [3.05, 3.63) is 35.9 Å². The number of carbonyl (C=O) groups excluding carboxylic acids is 2. The molecule has 0 saturated carbocycles. The van der Waals surface area contributed by atoms with Gasteiger partial charge in [0.1, 0.15) is 0 Å². The van der Waals surface area contributed by atoms with Crippen LogP contribution in [0.25, 0.3) is 0 Å². The molecule has 1 aliphatic heterocycles. The predicted molar refractivity (Wildman–Crippen MR) is 126 cm³/mol. The van der Waals surface area contributed by atoms with E-state index in [1.165, 1.54) is 5.56 Å². The van der Waals surface area contributed by atoms with Crippen LogP contribution < -0.4 is 5.32 Å². The summed E-state index contributed by atoms with van der Waals surface area (Å²) in [6, 6.07) is 10.2. The number of methoxy groups -OCH3 is 1. The molecule has 0 bridgehead atoms. The van der Waals surface area contributed by atoms with Crippen molar-refractivity contribution in [2.24, 2.45) is 11.8 Å². The van der Waals surface area contributed by atoms with Gasteiger partial charge in [0.05, 0.1) is 18.1 Å². The highest BCUT2D eigenvalue weighted by Crippen LogP contribution is 2.27. The van der Waals surface area contributed by atoms with E-state index < -0.39 is 0 Å². The average Bonchev–Trinajstić information content (AvgIpc) is 3.24. The van der Waals surface area contributed by atoms with Crippen LogP contribution in [-0.4, -0.2) is 48.6 Å². The molecule has 1 heterocycles. The van der Waals surface area contributed by atoms with Crippen molar-refractivity contribution in [3.8, 4) is 0 Å². The second kappa shape index (κ2) is 12.8. The Morgan fingerprint density at radius 2 is 1.90 bits per heavy atom. The molecule has 0 aliphatic carbocycles. The summed E-state index contributed by atoms with van der Waals surface area (Å²) in [7, 11) is 1.66. The van der Waals surface area contributed by atoms with Crippen molar-refractivity contribution in [2.45, 2.75) is 90.8 Å². The van der Waals surface area contributed by atoms with Gasteiger partial charge in [0.15, 0.2) is 0 Å². The zero-order valence-corrected chi connectivity index (χ0v) is 20.1. The predicted octanol–water partition coefficient (Wildman–Crippen LogP) is 4.59. The van der Waals surface area contributed by atoms with E-state index in [-0.39, 0.29) is 35.9 Å². The molecule has 5 heteroatoms. The Balaban J connectivity index is 1.92. The van der Waals surface area contributed by atoms with E-state index in [1.54, 1.807) is 7.11 Å². The molecule has 5 atom stereocenters. The third-order valence-electron chi connectivity index (χ3n) is 6.74. The maximum absolute atomic E-state index is 13.0. The topological polar surface area (TPSA) is 58.6 Å². The van der Waals surface area contributed by atoms with E-state index >= 15 is 0 Å². The molecule has 174 valence electrons. The number of amides is 2. The molecule has 5 nitrogen and oxygen atoms in total. The minimum absolute atomic E-state index is 0.00801. The number of nitrogens with zero attached hydrogens (tertiary/aromatic N) is 1. The molecule has 1 aromatic carbocycles. The minimum Gasteiger partial charge on any atom is -0.378 e. The van der Waals surface area contributed by atoms with E-state index in [1.807, 2.05) is 36.9 Å². The first-order valence-electron chi connectivity index (χ1n) is 12.0. The summed E-state index contributed by atoms with van der Waals surface area (Å²) >= 11 is 0. The maximum atomic E-state index is 13.0. The van der Waals surface area contributed by atoms with Gasteiger partial charge >= 0.3 is 0 Å². The smallest absolute Gasteiger partial charge is 0.225 e. The first-order valence-corrected chi connectivity index (χ1v) is 12.0. The van der Waals surface area contributed by atoms with Gasteiger partial charge < -0.3 is 15.0 Å². The zero-order chi connectivity index (χ0) is 22.8. The minimum atomic E-state index is -0.318. The lowest BCUT2D eigenvalue weighted by Crippen LogP contribution is -2.50. The number of hydrogen-bond acceptors (Lipinski definition) is 3. The molecule has 1 saturated heterocycles. The third kappa shape index (κ3) is 7.64. The lowest BCUT2D eigenvalue weighted by Gasteiger charge is -2.34. The van der Waals surface area contributed by atoms with Gasteiger partial charge in [-0.25, -0.2) is 0 Å². The fraction of sp³-hybridized carbons (Fsp3) is 0.692. The first-order chi connectivity index (χ1) is 14.9. The quantitative estimate of drug-likeness (QED) is 0.527. The van der Waals surface area contributed by atoms with Crippen LogP contribution in [0.1, 0.15) is 71.8 Å². The number of rotatable bonds is 12. The highest BCUT2D eigenvalue weighted by molar-refractivity contribution is 5.80. The molecule has 2 rings (SSSR count). The Morgan fingerprint density at radius 3 is 2.55 bits per heavy atom. The third-order valence-corrected chi connectivity index (χ3v) is 6.74. The molecule has 31 heavy (non-hydrogen) atoms. The lowest BCUT2D eigenvalue weighted by molar-refractivity contribution is -0.140. The summed E-state index contributed by atoms with van der Waals surface area (Å²) in [4.78, 5) is 27.8. The Bertz CT molecular complexity index is 678. The monoisotopic (exact) mass is 430 g/mol. The van der Waals surface area contributed by atoms with Gasteiger partial charge in [-0.3, -0.25) is 9.59 Å². The number of hydrogen-bond donors (Lipinski definition) is 1. The maximum Gasteiger partial charge on any atom is 0.225 e. The molecular weight excluding hydrogens is 388 g/mol. The van der Waals surface area contributed by atoms with E-state index in [4.69, 9.17) is 4.74 Å². The number of ether oxygens (including phenoxy) is 1. The molecule has 1 aromatic rings. The Morgan fingerprint density at radius 1 is 1.19 bits per heavy atom. The van der Waals surface area contributed by atoms with E-state index in [9.17, 15) is 9.59 Å². The highest BCUT2D eigenvalue weighted by Gasteiger charge is 2.39. The summed E-state index contributed by atoms with van der Waals surface area (Å²) in [6.45, 7) is 9.15. The van der Waals surface area contributed by atoms with Crippen molar-refractivity contribution in [2.75, 3.05) is 13.7 Å². The van der Waals surface area contributed by atoms with Crippen LogP contribution in [0.4, 0.5) is 0 Å². The fourth-order valence-electron chi connectivity index (χ4n) is 4.63. The average molecular weight is 431 g/mol. The van der Waals surface area contributed by atoms with E-state index in [0.717, 1.165) is 45.1 Å². The zero-order valence-electron chi connectivity index (χ0n) is 20.1. The van der Waals surface area contributed by atoms with Crippen molar-refractivity contribution in [1.82, 2.24) is 10.2 Å². The highest BCUT2D eigenvalue weighted by atomic mass is 16.5. The number of likely N-dealkylation sites (tertiary alicyclic amines) is 1. The van der Waals surface area contributed by atoms with Crippen LogP contribution in [0.3, 0.4) is 0 Å². The van der Waals surface area contributed by atoms with Gasteiger partial charge in [-0.15, -0.1) is 0 Å². The van der Waals surface area contributed by atoms with Gasteiger partial charge in [-0.05, 0) is 44.1 Å². The second-order valence-electron chi connectivity index (χ2n) is 9.29.